The summed E-state index contributed by atoms with van der Waals surface area (Å²) in [5, 5.41) is 48.3. The van der Waals surface area contributed by atoms with Crippen molar-refractivity contribution in [1.82, 2.24) is 0 Å². The molecule has 0 bridgehead atoms. The predicted octanol–water partition coefficient (Wildman–Crippen LogP) is 2.90. The largest absolute Gasteiger partial charge is 0.508 e. The van der Waals surface area contributed by atoms with Crippen LogP contribution in [0.3, 0.4) is 0 Å². The molecule has 29 heavy (non-hydrogen) atoms. The Morgan fingerprint density at radius 1 is 1.07 bits per heavy atom. The molecule has 0 aliphatic carbocycles. The molecule has 0 saturated heterocycles. The number of aliphatic hydroxyl groups is 1. The summed E-state index contributed by atoms with van der Waals surface area (Å²) in [6, 6.07) is 6.67. The van der Waals surface area contributed by atoms with Gasteiger partial charge in [-0.15, -0.1) is 0 Å². The molecule has 5 N–H and O–H groups in total. The molecule has 0 spiro atoms. The second-order valence-electron chi connectivity index (χ2n) is 6.57. The van der Waals surface area contributed by atoms with E-state index in [4.69, 9.17) is 9.47 Å². The third-order valence-electron chi connectivity index (χ3n) is 4.27. The Hall–Kier alpha value is -3.13. The molecule has 3 rings (SSSR count). The number of carbonyl (C=O) groups excluding carboxylic acids is 1. The van der Waals surface area contributed by atoms with Gasteiger partial charge in [-0.25, -0.2) is 0 Å². The van der Waals surface area contributed by atoms with Crippen LogP contribution in [0.15, 0.2) is 30.3 Å². The minimum atomic E-state index is -0.933. The summed E-state index contributed by atoms with van der Waals surface area (Å²) in [5.41, 5.74) is 0.894. The van der Waals surface area contributed by atoms with Gasteiger partial charge in [0.1, 0.15) is 23.4 Å². The zero-order chi connectivity index (χ0) is 21.6. The molecule has 1 aliphatic heterocycles. The number of aliphatic hydroxyl groups excluding tert-OH is 1. The average molecular weight is 406 g/mol. The van der Waals surface area contributed by atoms with Crippen LogP contribution in [-0.4, -0.2) is 44.2 Å². The maximum Gasteiger partial charge on any atom is 0.305 e. The number of rotatable bonds is 4. The van der Waals surface area contributed by atoms with Crippen molar-refractivity contribution in [2.75, 3.05) is 6.61 Å². The van der Waals surface area contributed by atoms with E-state index in [-0.39, 0.29) is 41.1 Å². The van der Waals surface area contributed by atoms with Gasteiger partial charge in [-0.2, -0.15) is 0 Å². The van der Waals surface area contributed by atoms with Gasteiger partial charge in [-0.05, 0) is 24.1 Å². The number of benzene rings is 2. The summed E-state index contributed by atoms with van der Waals surface area (Å²) >= 11 is 0. The highest BCUT2D eigenvalue weighted by Crippen LogP contribution is 2.42. The van der Waals surface area contributed by atoms with E-state index >= 15 is 0 Å². The number of phenolic OH excluding ortho intramolecular Hbond substituents is 4. The first-order chi connectivity index (χ1) is 13.8. The highest BCUT2D eigenvalue weighted by Gasteiger charge is 2.32. The molecule has 8 heteroatoms. The Labute approximate surface area is 168 Å². The van der Waals surface area contributed by atoms with E-state index in [9.17, 15) is 30.3 Å². The second-order valence-corrected chi connectivity index (χ2v) is 6.57. The summed E-state index contributed by atoms with van der Waals surface area (Å²) in [4.78, 5) is 10.3. The van der Waals surface area contributed by atoms with Crippen LogP contribution >= 0.6 is 0 Å². The molecule has 2 aromatic rings. The molecule has 8 nitrogen and oxygen atoms in total. The van der Waals surface area contributed by atoms with Crippen LogP contribution in [0.25, 0.3) is 0 Å². The Kier molecular flexibility index (Phi) is 7.55. The fourth-order valence-corrected chi connectivity index (χ4v) is 2.78. The zero-order valence-corrected chi connectivity index (χ0v) is 16.3. The van der Waals surface area contributed by atoms with Crippen LogP contribution in [0.2, 0.25) is 0 Å². The number of hydrogen-bond donors (Lipinski definition) is 5. The molecule has 0 saturated carbocycles. The van der Waals surface area contributed by atoms with Gasteiger partial charge in [0.2, 0.25) is 0 Å². The van der Waals surface area contributed by atoms with E-state index < -0.39 is 12.2 Å². The summed E-state index contributed by atoms with van der Waals surface area (Å²) in [7, 11) is 0. The Morgan fingerprint density at radius 3 is 2.41 bits per heavy atom. The van der Waals surface area contributed by atoms with Crippen LogP contribution in [0.1, 0.15) is 43.9 Å². The van der Waals surface area contributed by atoms with Gasteiger partial charge in [0.05, 0.1) is 12.7 Å². The van der Waals surface area contributed by atoms with Gasteiger partial charge in [-0.3, -0.25) is 4.79 Å². The van der Waals surface area contributed by atoms with Gasteiger partial charge in [0, 0.05) is 30.5 Å². The number of hydrogen-bond acceptors (Lipinski definition) is 8. The maximum absolute atomic E-state index is 10.3. The van der Waals surface area contributed by atoms with Gasteiger partial charge in [-0.1, -0.05) is 19.9 Å². The second kappa shape index (κ2) is 9.88. The van der Waals surface area contributed by atoms with Crippen LogP contribution < -0.4 is 4.74 Å². The van der Waals surface area contributed by atoms with Crippen molar-refractivity contribution in [2.24, 2.45) is 0 Å². The normalized spacial score (nSPS) is 17.3. The SMILES string of the molecule is CCCOC(=O)CC.Oc1cc(O)c2c(c1)O[C@H](c1ccc(O)c(O)c1)[C@H](O)C2. The average Bonchev–Trinajstić information content (AvgIpc) is 2.69. The Balaban J connectivity index is 0.000000321. The topological polar surface area (TPSA) is 137 Å². The first kappa shape index (κ1) is 22.2. The summed E-state index contributed by atoms with van der Waals surface area (Å²) < 4.78 is 10.3. The molecule has 0 aromatic heterocycles. The van der Waals surface area contributed by atoms with Crippen molar-refractivity contribution in [3.05, 3.63) is 41.5 Å². The standard InChI is InChI=1S/C15H14O6.C6H12O2/c16-8-4-11(18)9-6-13(20)15(21-14(9)5-8)7-1-2-10(17)12(19)3-7;1-3-5-8-6(7)4-2/h1-5,13,15-20H,6H2;3-5H2,1-2H3/t13-,15-;/m1./s1. The van der Waals surface area contributed by atoms with Crippen molar-refractivity contribution < 1.29 is 39.8 Å². The van der Waals surface area contributed by atoms with Crippen molar-refractivity contribution in [3.63, 3.8) is 0 Å². The van der Waals surface area contributed by atoms with Crippen LogP contribution in [0, 0.1) is 0 Å². The smallest absolute Gasteiger partial charge is 0.305 e. The van der Waals surface area contributed by atoms with Gasteiger partial charge in [0.25, 0.3) is 0 Å². The van der Waals surface area contributed by atoms with Crippen molar-refractivity contribution in [2.45, 2.75) is 45.3 Å². The van der Waals surface area contributed by atoms with Crippen molar-refractivity contribution in [1.29, 1.82) is 0 Å². The molecule has 0 radical (unpaired) electrons. The number of ether oxygens (including phenoxy) is 2. The van der Waals surface area contributed by atoms with E-state index in [1.54, 1.807) is 6.92 Å². The van der Waals surface area contributed by atoms with Crippen molar-refractivity contribution >= 4 is 5.97 Å². The fourth-order valence-electron chi connectivity index (χ4n) is 2.78. The Morgan fingerprint density at radius 2 is 1.79 bits per heavy atom. The third kappa shape index (κ3) is 5.68. The first-order valence-corrected chi connectivity index (χ1v) is 9.33. The van der Waals surface area contributed by atoms with Gasteiger partial charge >= 0.3 is 5.97 Å². The Bertz CT molecular complexity index is 849. The molecule has 0 fully saturated rings. The van der Waals surface area contributed by atoms with E-state index in [1.807, 2.05) is 6.92 Å². The number of aromatic hydroxyl groups is 4. The summed E-state index contributed by atoms with van der Waals surface area (Å²) in [6.07, 6.45) is -0.165. The quantitative estimate of drug-likeness (QED) is 0.386. The van der Waals surface area contributed by atoms with Crippen molar-refractivity contribution in [3.8, 4) is 28.7 Å². The predicted molar refractivity (Wildman–Crippen MR) is 104 cm³/mol. The number of fused-ring (bicyclic) bond motifs is 1. The molecule has 2 atom stereocenters. The van der Waals surface area contributed by atoms with Crippen LogP contribution in [-0.2, 0) is 16.0 Å². The lowest BCUT2D eigenvalue weighted by atomic mass is 9.94. The molecule has 2 aromatic carbocycles. The zero-order valence-electron chi connectivity index (χ0n) is 16.3. The maximum atomic E-state index is 10.3. The minimum absolute atomic E-state index is 0.105. The number of phenols is 4. The van der Waals surface area contributed by atoms with E-state index in [1.165, 1.54) is 30.3 Å². The number of esters is 1. The van der Waals surface area contributed by atoms with Gasteiger partial charge in [0.15, 0.2) is 11.5 Å². The van der Waals surface area contributed by atoms with E-state index in [2.05, 4.69) is 0 Å². The van der Waals surface area contributed by atoms with E-state index in [0.29, 0.717) is 24.2 Å². The monoisotopic (exact) mass is 406 g/mol. The van der Waals surface area contributed by atoms with Crippen LogP contribution in [0.4, 0.5) is 0 Å². The molecule has 0 amide bonds. The van der Waals surface area contributed by atoms with Crippen LogP contribution in [0.5, 0.6) is 28.7 Å². The van der Waals surface area contributed by atoms with E-state index in [0.717, 1.165) is 6.42 Å². The molecular weight excluding hydrogens is 380 g/mol. The lowest BCUT2D eigenvalue weighted by Gasteiger charge is -2.31. The lowest BCUT2D eigenvalue weighted by molar-refractivity contribution is -0.143. The summed E-state index contributed by atoms with van der Waals surface area (Å²) in [5.74, 6) is -0.694. The molecule has 1 aliphatic rings. The first-order valence-electron chi connectivity index (χ1n) is 9.33. The molecule has 0 unspecified atom stereocenters. The molecular formula is C21H26O8. The minimum Gasteiger partial charge on any atom is -0.508 e. The summed E-state index contributed by atoms with van der Waals surface area (Å²) in [6.45, 7) is 4.33. The number of carbonyl (C=O) groups is 1. The lowest BCUT2D eigenvalue weighted by Crippen LogP contribution is -2.30. The molecule has 1 heterocycles. The molecule has 158 valence electrons. The fraction of sp³-hybridized carbons (Fsp3) is 0.381. The third-order valence-corrected chi connectivity index (χ3v) is 4.27. The highest BCUT2D eigenvalue weighted by molar-refractivity contribution is 5.68. The van der Waals surface area contributed by atoms with Gasteiger partial charge < -0.3 is 35.0 Å². The highest BCUT2D eigenvalue weighted by atomic mass is 16.5.